The topological polar surface area (TPSA) is 26.3 Å². The average molecular weight is 304 g/mol. The van der Waals surface area contributed by atoms with Crippen LogP contribution in [0.25, 0.3) is 0 Å². The Labute approximate surface area is 99.4 Å². The summed E-state index contributed by atoms with van der Waals surface area (Å²) in [7, 11) is 0. The van der Waals surface area contributed by atoms with Crippen molar-refractivity contribution in [2.45, 2.75) is 18.5 Å². The molecular formula is C8H5F9O2. The Morgan fingerprint density at radius 2 is 1.32 bits per heavy atom. The lowest BCUT2D eigenvalue weighted by molar-refractivity contribution is -0.292. The highest BCUT2D eigenvalue weighted by atomic mass is 19.4. The molecule has 0 unspecified atom stereocenters. The Hall–Kier alpha value is -1.42. The summed E-state index contributed by atoms with van der Waals surface area (Å²) in [6, 6.07) is 0. The van der Waals surface area contributed by atoms with Gasteiger partial charge in [0.1, 0.15) is 12.2 Å². The minimum atomic E-state index is -5.81. The molecular weight excluding hydrogens is 299 g/mol. The van der Waals surface area contributed by atoms with Crippen molar-refractivity contribution in [3.05, 3.63) is 12.2 Å². The first-order valence-electron chi connectivity index (χ1n) is 4.24. The van der Waals surface area contributed by atoms with E-state index in [1.54, 1.807) is 0 Å². The molecule has 0 spiro atoms. The SMILES string of the molecule is C=C(C(=O)OCC(C(F)(F)F)C(F)(F)F)C(F)(F)F. The van der Waals surface area contributed by atoms with Crippen LogP contribution in [0.4, 0.5) is 39.5 Å². The summed E-state index contributed by atoms with van der Waals surface area (Å²) in [6.45, 7) is -0.138. The molecule has 0 rings (SSSR count). The van der Waals surface area contributed by atoms with Gasteiger partial charge in [-0.25, -0.2) is 4.79 Å². The van der Waals surface area contributed by atoms with Crippen molar-refractivity contribution in [1.29, 1.82) is 0 Å². The lowest BCUT2D eigenvalue weighted by atomic mass is 10.1. The molecule has 0 aliphatic carbocycles. The molecule has 0 aliphatic heterocycles. The first-order valence-corrected chi connectivity index (χ1v) is 4.24. The first-order chi connectivity index (χ1) is 8.17. The molecule has 0 aromatic rings. The van der Waals surface area contributed by atoms with E-state index in [1.807, 2.05) is 0 Å². The maximum atomic E-state index is 11.9. The quantitative estimate of drug-likeness (QED) is 0.454. The second-order valence-electron chi connectivity index (χ2n) is 3.21. The fraction of sp³-hybridized carbons (Fsp3) is 0.625. The molecule has 19 heavy (non-hydrogen) atoms. The average Bonchev–Trinajstić information content (AvgIpc) is 2.10. The number of carbonyl (C=O) groups excluding carboxylic acids is 1. The number of alkyl halides is 9. The van der Waals surface area contributed by atoms with Crippen LogP contribution in [0.5, 0.6) is 0 Å². The molecule has 0 aromatic carbocycles. The second kappa shape index (κ2) is 5.29. The van der Waals surface area contributed by atoms with Gasteiger partial charge in [-0.1, -0.05) is 6.58 Å². The molecule has 112 valence electrons. The predicted octanol–water partition coefficient (Wildman–Crippen LogP) is 3.39. The highest BCUT2D eigenvalue weighted by Gasteiger charge is 2.57. The molecule has 0 N–H and O–H groups in total. The molecule has 0 radical (unpaired) electrons. The largest absolute Gasteiger partial charge is 0.461 e. The van der Waals surface area contributed by atoms with Crippen molar-refractivity contribution in [2.75, 3.05) is 6.61 Å². The van der Waals surface area contributed by atoms with Gasteiger partial charge in [-0.15, -0.1) is 0 Å². The summed E-state index contributed by atoms with van der Waals surface area (Å²) in [5.41, 5.74) is -2.20. The number of ether oxygens (including phenoxy) is 1. The highest BCUT2D eigenvalue weighted by molar-refractivity contribution is 5.89. The van der Waals surface area contributed by atoms with Gasteiger partial charge in [-0.2, -0.15) is 39.5 Å². The standard InChI is InChI=1S/C8H5F9O2/c1-3(6(9,10)11)5(18)19-2-4(7(12,13)14)8(15,16)17/h4H,1-2H2. The van der Waals surface area contributed by atoms with Crippen molar-refractivity contribution in [1.82, 2.24) is 0 Å². The van der Waals surface area contributed by atoms with Gasteiger partial charge in [0.25, 0.3) is 0 Å². The lowest BCUT2D eigenvalue weighted by Crippen LogP contribution is -2.40. The molecule has 0 bridgehead atoms. The van der Waals surface area contributed by atoms with Gasteiger partial charge in [-0.3, -0.25) is 0 Å². The van der Waals surface area contributed by atoms with Crippen LogP contribution in [0.3, 0.4) is 0 Å². The van der Waals surface area contributed by atoms with Crippen LogP contribution in [-0.2, 0) is 9.53 Å². The van der Waals surface area contributed by atoms with E-state index < -0.39 is 42.6 Å². The summed E-state index contributed by atoms with van der Waals surface area (Å²) in [5, 5.41) is 0. The summed E-state index contributed by atoms with van der Waals surface area (Å²) in [4.78, 5) is 10.6. The lowest BCUT2D eigenvalue weighted by Gasteiger charge is -2.22. The van der Waals surface area contributed by atoms with E-state index >= 15 is 0 Å². The highest BCUT2D eigenvalue weighted by Crippen LogP contribution is 2.39. The van der Waals surface area contributed by atoms with E-state index in [0.717, 1.165) is 0 Å². The van der Waals surface area contributed by atoms with Gasteiger partial charge < -0.3 is 4.74 Å². The normalized spacial score (nSPS) is 13.6. The number of rotatable bonds is 3. The second-order valence-corrected chi connectivity index (χ2v) is 3.21. The smallest absolute Gasteiger partial charge is 0.422 e. The van der Waals surface area contributed by atoms with E-state index in [2.05, 4.69) is 11.3 Å². The number of esters is 1. The first kappa shape index (κ1) is 17.6. The molecule has 0 saturated heterocycles. The predicted molar refractivity (Wildman–Crippen MR) is 41.8 cm³/mol. The van der Waals surface area contributed by atoms with Crippen molar-refractivity contribution in [3.63, 3.8) is 0 Å². The number of carbonyl (C=O) groups is 1. The zero-order valence-electron chi connectivity index (χ0n) is 8.71. The molecule has 0 aliphatic rings. The van der Waals surface area contributed by atoms with E-state index in [4.69, 9.17) is 0 Å². The maximum absolute atomic E-state index is 11.9. The van der Waals surface area contributed by atoms with Crippen LogP contribution in [0, 0.1) is 5.92 Å². The number of halogens is 9. The third kappa shape index (κ3) is 5.39. The van der Waals surface area contributed by atoms with Crippen LogP contribution in [-0.4, -0.2) is 31.1 Å². The van der Waals surface area contributed by atoms with Crippen molar-refractivity contribution in [3.8, 4) is 0 Å². The van der Waals surface area contributed by atoms with Crippen LogP contribution in [0.2, 0.25) is 0 Å². The Balaban J connectivity index is 4.78. The summed E-state index contributed by atoms with van der Waals surface area (Å²) in [5.74, 6) is -6.46. The Bertz CT molecular complexity index is 335. The van der Waals surface area contributed by atoms with Gasteiger partial charge in [0, 0.05) is 0 Å². The molecule has 0 fully saturated rings. The van der Waals surface area contributed by atoms with Gasteiger partial charge in [0.15, 0.2) is 5.92 Å². The molecule has 0 saturated carbocycles. The third-order valence-corrected chi connectivity index (χ3v) is 1.76. The van der Waals surface area contributed by atoms with E-state index in [1.165, 1.54) is 0 Å². The Morgan fingerprint density at radius 3 is 1.58 bits per heavy atom. The van der Waals surface area contributed by atoms with Gasteiger partial charge in [0.05, 0.1) is 0 Å². The van der Waals surface area contributed by atoms with Crippen LogP contribution in [0.15, 0.2) is 12.2 Å². The van der Waals surface area contributed by atoms with Gasteiger partial charge >= 0.3 is 24.5 Å². The minimum Gasteiger partial charge on any atom is -0.461 e. The molecule has 0 atom stereocenters. The third-order valence-electron chi connectivity index (χ3n) is 1.76. The Morgan fingerprint density at radius 1 is 0.947 bits per heavy atom. The summed E-state index contributed by atoms with van der Waals surface area (Å²) >= 11 is 0. The van der Waals surface area contributed by atoms with Crippen molar-refractivity contribution < 1.29 is 49.0 Å². The van der Waals surface area contributed by atoms with E-state index in [-0.39, 0.29) is 0 Å². The van der Waals surface area contributed by atoms with Gasteiger partial charge in [0.2, 0.25) is 0 Å². The zero-order valence-corrected chi connectivity index (χ0v) is 8.71. The monoisotopic (exact) mass is 304 g/mol. The fourth-order valence-electron chi connectivity index (χ4n) is 0.736. The molecule has 0 amide bonds. The fourth-order valence-corrected chi connectivity index (χ4v) is 0.736. The van der Waals surface area contributed by atoms with E-state index in [0.29, 0.717) is 0 Å². The Kier molecular flexibility index (Phi) is 4.90. The van der Waals surface area contributed by atoms with Crippen LogP contribution in [0.1, 0.15) is 0 Å². The van der Waals surface area contributed by atoms with Crippen molar-refractivity contribution in [2.24, 2.45) is 5.92 Å². The van der Waals surface area contributed by atoms with Crippen molar-refractivity contribution >= 4 is 5.97 Å². The molecule has 0 aromatic heterocycles. The van der Waals surface area contributed by atoms with E-state index in [9.17, 15) is 44.3 Å². The van der Waals surface area contributed by atoms with Crippen LogP contribution >= 0.6 is 0 Å². The summed E-state index contributed by atoms with van der Waals surface area (Å²) < 4.78 is 111. The molecule has 11 heteroatoms. The number of hydrogen-bond donors (Lipinski definition) is 0. The summed E-state index contributed by atoms with van der Waals surface area (Å²) in [6.07, 6.45) is -16.9. The number of hydrogen-bond acceptors (Lipinski definition) is 2. The van der Waals surface area contributed by atoms with Crippen LogP contribution < -0.4 is 0 Å². The van der Waals surface area contributed by atoms with Gasteiger partial charge in [-0.05, 0) is 0 Å². The molecule has 2 nitrogen and oxygen atoms in total. The molecule has 0 heterocycles. The maximum Gasteiger partial charge on any atom is 0.422 e. The zero-order chi connectivity index (χ0) is 15.6. The minimum absolute atomic E-state index is 2.17.